The number of hydrogen-bond donors (Lipinski definition) is 1. The number of unbranched alkanes of at least 4 members (excludes halogenated alkanes) is 4. The smallest absolute Gasteiger partial charge is 0.250 e. The van der Waals surface area contributed by atoms with Crippen LogP contribution in [-0.2, 0) is 19.1 Å². The third-order valence-electron chi connectivity index (χ3n) is 7.90. The lowest BCUT2D eigenvalue weighted by Crippen LogP contribution is -2.57. The van der Waals surface area contributed by atoms with Gasteiger partial charge < -0.3 is 24.8 Å². The van der Waals surface area contributed by atoms with Gasteiger partial charge in [0.15, 0.2) is 0 Å². The first kappa shape index (κ1) is 26.5. The van der Waals surface area contributed by atoms with Crippen molar-refractivity contribution >= 4 is 23.4 Å². The summed E-state index contributed by atoms with van der Waals surface area (Å²) in [6, 6.07) is 9.95. The molecule has 0 radical (unpaired) electrons. The van der Waals surface area contributed by atoms with Crippen LogP contribution in [0.2, 0.25) is 0 Å². The van der Waals surface area contributed by atoms with Crippen molar-refractivity contribution in [2.45, 2.75) is 82.8 Å². The molecule has 0 bridgehead atoms. The van der Waals surface area contributed by atoms with Crippen LogP contribution in [0.1, 0.15) is 71.1 Å². The van der Waals surface area contributed by atoms with E-state index in [0.717, 1.165) is 38.0 Å². The molecule has 8 nitrogen and oxygen atoms in total. The van der Waals surface area contributed by atoms with Crippen LogP contribution < -0.4 is 10.2 Å². The van der Waals surface area contributed by atoms with E-state index in [0.29, 0.717) is 45.6 Å². The van der Waals surface area contributed by atoms with E-state index in [2.05, 4.69) is 17.1 Å². The Morgan fingerprint density at radius 1 is 1.08 bits per heavy atom. The Kier molecular flexibility index (Phi) is 9.24. The van der Waals surface area contributed by atoms with Gasteiger partial charge in [-0.3, -0.25) is 14.4 Å². The van der Waals surface area contributed by atoms with Crippen molar-refractivity contribution in [3.8, 4) is 0 Å². The highest BCUT2D eigenvalue weighted by Gasteiger charge is 2.54. The average Bonchev–Trinajstić information content (AvgIpc) is 3.51. The number of carbonyl (C=O) groups excluding carboxylic acids is 3. The fourth-order valence-electron chi connectivity index (χ4n) is 5.75. The Bertz CT molecular complexity index is 879. The minimum Gasteiger partial charge on any atom is -0.376 e. The molecule has 3 saturated heterocycles. The average molecular weight is 499 g/mol. The molecule has 4 rings (SSSR count). The molecule has 3 aliphatic heterocycles. The zero-order chi connectivity index (χ0) is 25.4. The molecule has 1 aromatic carbocycles. The maximum Gasteiger partial charge on any atom is 0.250 e. The summed E-state index contributed by atoms with van der Waals surface area (Å²) in [6.07, 6.45) is 9.44. The van der Waals surface area contributed by atoms with Crippen LogP contribution in [0.4, 0.5) is 5.69 Å². The predicted octanol–water partition coefficient (Wildman–Crippen LogP) is 3.31. The van der Waals surface area contributed by atoms with Gasteiger partial charge in [0, 0.05) is 38.3 Å². The predicted molar refractivity (Wildman–Crippen MR) is 139 cm³/mol. The third kappa shape index (κ3) is 6.20. The number of piperidine rings is 1. The molecule has 0 aliphatic carbocycles. The molecular formula is C28H42N4O4. The summed E-state index contributed by atoms with van der Waals surface area (Å²) >= 11 is 0. The summed E-state index contributed by atoms with van der Waals surface area (Å²) < 4.78 is 5.59. The van der Waals surface area contributed by atoms with Gasteiger partial charge in [0.1, 0.15) is 12.1 Å². The lowest BCUT2D eigenvalue weighted by Gasteiger charge is -2.43. The van der Waals surface area contributed by atoms with E-state index in [1.807, 2.05) is 35.2 Å². The maximum atomic E-state index is 13.8. The van der Waals surface area contributed by atoms with Gasteiger partial charge in [-0.1, -0.05) is 50.8 Å². The number of nitrogens with one attached hydrogen (secondary N) is 1. The van der Waals surface area contributed by atoms with Crippen molar-refractivity contribution in [2.24, 2.45) is 0 Å². The van der Waals surface area contributed by atoms with Crippen LogP contribution in [0, 0.1) is 0 Å². The lowest BCUT2D eigenvalue weighted by molar-refractivity contribution is -0.140. The molecule has 3 aliphatic rings. The summed E-state index contributed by atoms with van der Waals surface area (Å²) in [6.45, 7) is 4.99. The molecule has 3 heterocycles. The van der Waals surface area contributed by atoms with Crippen LogP contribution >= 0.6 is 0 Å². The van der Waals surface area contributed by atoms with Gasteiger partial charge in [0.2, 0.25) is 11.8 Å². The number of rotatable bonds is 11. The van der Waals surface area contributed by atoms with E-state index in [-0.39, 0.29) is 30.4 Å². The number of carbonyl (C=O) groups is 3. The molecule has 3 fully saturated rings. The van der Waals surface area contributed by atoms with Crippen LogP contribution in [0.3, 0.4) is 0 Å². The first-order valence-electron chi connectivity index (χ1n) is 13.8. The normalized spacial score (nSPS) is 21.4. The van der Waals surface area contributed by atoms with E-state index in [9.17, 15) is 14.4 Å². The number of hydrogen-bond acceptors (Lipinski definition) is 5. The Morgan fingerprint density at radius 3 is 2.53 bits per heavy atom. The highest BCUT2D eigenvalue weighted by atomic mass is 16.5. The van der Waals surface area contributed by atoms with Gasteiger partial charge in [0.25, 0.3) is 5.91 Å². The second kappa shape index (κ2) is 12.6. The largest absolute Gasteiger partial charge is 0.376 e. The first-order chi connectivity index (χ1) is 17.5. The molecule has 1 unspecified atom stereocenters. The van der Waals surface area contributed by atoms with Crippen molar-refractivity contribution in [1.29, 1.82) is 0 Å². The quantitative estimate of drug-likeness (QED) is 0.474. The number of anilines is 1. The zero-order valence-electron chi connectivity index (χ0n) is 21.8. The third-order valence-corrected chi connectivity index (χ3v) is 7.90. The highest BCUT2D eigenvalue weighted by Crippen LogP contribution is 2.39. The summed E-state index contributed by atoms with van der Waals surface area (Å²) in [5.74, 6) is 0.0355. The van der Waals surface area contributed by atoms with Crippen molar-refractivity contribution in [3.05, 3.63) is 30.3 Å². The van der Waals surface area contributed by atoms with Gasteiger partial charge in [0.05, 0.1) is 12.8 Å². The molecular weight excluding hydrogens is 456 g/mol. The Hall–Kier alpha value is -2.61. The molecule has 8 heteroatoms. The van der Waals surface area contributed by atoms with E-state index in [4.69, 9.17) is 4.74 Å². The molecule has 1 aromatic rings. The maximum absolute atomic E-state index is 13.8. The Balaban J connectivity index is 1.37. The lowest BCUT2D eigenvalue weighted by atomic mass is 9.85. The molecule has 0 saturated carbocycles. The SMILES string of the molecule is CCCCCCCC(=O)N1CCC2(CC1)C(=O)N(CC(=O)NCC1CCCO1)CN2c1ccccc1. The van der Waals surface area contributed by atoms with E-state index < -0.39 is 5.54 Å². The number of nitrogens with zero attached hydrogens (tertiary/aromatic N) is 3. The monoisotopic (exact) mass is 498 g/mol. The van der Waals surface area contributed by atoms with E-state index in [1.54, 1.807) is 4.90 Å². The Morgan fingerprint density at radius 2 is 1.83 bits per heavy atom. The molecule has 3 amide bonds. The second-order valence-corrected chi connectivity index (χ2v) is 10.4. The van der Waals surface area contributed by atoms with Gasteiger partial charge in [-0.2, -0.15) is 0 Å². The van der Waals surface area contributed by atoms with Crippen LogP contribution in [0.5, 0.6) is 0 Å². The summed E-state index contributed by atoms with van der Waals surface area (Å²) in [7, 11) is 0. The van der Waals surface area contributed by atoms with Crippen LogP contribution in [0.25, 0.3) is 0 Å². The van der Waals surface area contributed by atoms with Gasteiger partial charge >= 0.3 is 0 Å². The number of amides is 3. The molecule has 1 spiro atoms. The standard InChI is InChI=1S/C28H42N4O4/c1-2-3-4-5-9-14-26(34)30-17-15-28(16-18-30)27(35)31(22-32(28)23-11-7-6-8-12-23)21-25(33)29-20-24-13-10-19-36-24/h6-8,11-12,24H,2-5,9-10,13-22H2,1H3,(H,29,33). The van der Waals surface area contributed by atoms with Crippen molar-refractivity contribution in [3.63, 3.8) is 0 Å². The fourth-order valence-corrected chi connectivity index (χ4v) is 5.75. The van der Waals surface area contributed by atoms with E-state index >= 15 is 0 Å². The zero-order valence-corrected chi connectivity index (χ0v) is 21.8. The fraction of sp³-hybridized carbons (Fsp3) is 0.679. The summed E-state index contributed by atoms with van der Waals surface area (Å²) in [5.41, 5.74) is 0.262. The second-order valence-electron chi connectivity index (χ2n) is 10.4. The molecule has 198 valence electrons. The molecule has 0 aromatic heterocycles. The van der Waals surface area contributed by atoms with E-state index in [1.165, 1.54) is 19.3 Å². The van der Waals surface area contributed by atoms with Gasteiger partial charge in [-0.25, -0.2) is 0 Å². The Labute approximate surface area is 215 Å². The molecule has 1 atom stereocenters. The number of benzene rings is 1. The van der Waals surface area contributed by atoms with Crippen molar-refractivity contribution < 1.29 is 19.1 Å². The minimum absolute atomic E-state index is 0.00900. The van der Waals surface area contributed by atoms with Crippen LogP contribution in [-0.4, -0.2) is 78.6 Å². The summed E-state index contributed by atoms with van der Waals surface area (Å²) in [5, 5.41) is 2.94. The summed E-state index contributed by atoms with van der Waals surface area (Å²) in [4.78, 5) is 45.0. The highest BCUT2D eigenvalue weighted by molar-refractivity contribution is 5.96. The molecule has 1 N–H and O–H groups in total. The number of para-hydroxylation sites is 1. The molecule has 36 heavy (non-hydrogen) atoms. The van der Waals surface area contributed by atoms with Crippen molar-refractivity contribution in [2.75, 3.05) is 44.4 Å². The minimum atomic E-state index is -0.714. The first-order valence-corrected chi connectivity index (χ1v) is 13.8. The van der Waals surface area contributed by atoms with Gasteiger partial charge in [-0.05, 0) is 44.2 Å². The van der Waals surface area contributed by atoms with Crippen LogP contribution in [0.15, 0.2) is 30.3 Å². The topological polar surface area (TPSA) is 82.2 Å². The van der Waals surface area contributed by atoms with Crippen molar-refractivity contribution in [1.82, 2.24) is 15.1 Å². The number of ether oxygens (including phenoxy) is 1. The number of likely N-dealkylation sites (tertiary alicyclic amines) is 1. The van der Waals surface area contributed by atoms with Gasteiger partial charge in [-0.15, -0.1) is 0 Å².